The number of hydrogen-bond donors (Lipinski definition) is 2. The fourth-order valence-corrected chi connectivity index (χ4v) is 7.64. The zero-order chi connectivity index (χ0) is 33.5. The number of aliphatic hydroxyl groups excluding tert-OH is 2. The van der Waals surface area contributed by atoms with Crippen molar-refractivity contribution in [3.05, 3.63) is 93.3 Å². The van der Waals surface area contributed by atoms with Crippen molar-refractivity contribution < 1.29 is 38.5 Å². The fourth-order valence-electron chi connectivity index (χ4n) is 7.64. The van der Waals surface area contributed by atoms with Gasteiger partial charge in [-0.25, -0.2) is 4.79 Å². The van der Waals surface area contributed by atoms with Gasteiger partial charge < -0.3 is 28.9 Å². The van der Waals surface area contributed by atoms with E-state index in [-0.39, 0.29) is 54.6 Å². The third-order valence-electron chi connectivity index (χ3n) is 9.68. The Morgan fingerprint density at radius 3 is 2.55 bits per heavy atom. The maximum absolute atomic E-state index is 14.3. The third kappa shape index (κ3) is 6.09. The van der Waals surface area contributed by atoms with Crippen molar-refractivity contribution in [1.82, 2.24) is 5.16 Å². The molecule has 3 aliphatic rings. The zero-order valence-electron chi connectivity index (χ0n) is 27.7. The van der Waals surface area contributed by atoms with Crippen LogP contribution in [0, 0.1) is 11.3 Å². The van der Waals surface area contributed by atoms with E-state index in [2.05, 4.69) is 12.1 Å². The molecule has 3 atom stereocenters. The number of hydrogen-bond acceptors (Lipinski definition) is 9. The molecule has 0 saturated carbocycles. The predicted molar refractivity (Wildman–Crippen MR) is 176 cm³/mol. The van der Waals surface area contributed by atoms with Gasteiger partial charge in [-0.3, -0.25) is 4.79 Å². The van der Waals surface area contributed by atoms with Gasteiger partial charge in [-0.2, -0.15) is 0 Å². The molecule has 248 valence electrons. The predicted octanol–water partition coefficient (Wildman–Crippen LogP) is 8.05. The second-order valence-electron chi connectivity index (χ2n) is 13.9. The molecule has 2 aromatic carbocycles. The maximum Gasteiger partial charge on any atom is 0.514 e. The van der Waals surface area contributed by atoms with E-state index in [1.54, 1.807) is 26.8 Å². The van der Waals surface area contributed by atoms with Crippen molar-refractivity contribution >= 4 is 17.7 Å². The Morgan fingerprint density at radius 2 is 1.87 bits per heavy atom. The van der Waals surface area contributed by atoms with E-state index < -0.39 is 17.2 Å². The summed E-state index contributed by atoms with van der Waals surface area (Å²) in [6.07, 6.45) is 4.02. The molecular formula is C38H43NO8. The fraction of sp³-hybridized carbons (Fsp3) is 0.447. The van der Waals surface area contributed by atoms with E-state index in [0.29, 0.717) is 60.1 Å². The average Bonchev–Trinajstić information content (AvgIpc) is 3.39. The quantitative estimate of drug-likeness (QED) is 0.194. The van der Waals surface area contributed by atoms with Gasteiger partial charge in [0.2, 0.25) is 0 Å². The van der Waals surface area contributed by atoms with E-state index >= 15 is 0 Å². The van der Waals surface area contributed by atoms with Crippen LogP contribution in [0.25, 0.3) is 5.76 Å². The first kappa shape index (κ1) is 32.6. The molecule has 6 rings (SSSR count). The van der Waals surface area contributed by atoms with Crippen LogP contribution in [0.3, 0.4) is 0 Å². The normalized spacial score (nSPS) is 22.2. The molecule has 9 heteroatoms. The molecule has 3 aliphatic carbocycles. The molecule has 0 radical (unpaired) electrons. The molecular weight excluding hydrogens is 598 g/mol. The van der Waals surface area contributed by atoms with E-state index in [4.69, 9.17) is 18.7 Å². The van der Waals surface area contributed by atoms with Gasteiger partial charge >= 0.3 is 6.16 Å². The summed E-state index contributed by atoms with van der Waals surface area (Å²) in [5.74, 6) is 0.323. The van der Waals surface area contributed by atoms with Gasteiger partial charge in [-0.15, -0.1) is 0 Å². The second kappa shape index (κ2) is 12.7. The Kier molecular flexibility index (Phi) is 8.78. The minimum atomic E-state index is -0.879. The molecule has 0 saturated heterocycles. The minimum Gasteiger partial charge on any atom is -0.507 e. The molecule has 1 aromatic heterocycles. The number of benzene rings is 2. The highest BCUT2D eigenvalue weighted by atomic mass is 16.7. The van der Waals surface area contributed by atoms with Crippen LogP contribution in [0.1, 0.15) is 105 Å². The summed E-state index contributed by atoms with van der Waals surface area (Å²) in [5, 5.41) is 27.8. The van der Waals surface area contributed by atoms with Crippen LogP contribution in [-0.4, -0.2) is 39.5 Å². The lowest BCUT2D eigenvalue weighted by atomic mass is 9.62. The van der Waals surface area contributed by atoms with Gasteiger partial charge in [-0.05, 0) is 92.3 Å². The largest absolute Gasteiger partial charge is 0.514 e. The number of rotatable bonds is 7. The van der Waals surface area contributed by atoms with Crippen molar-refractivity contribution in [1.29, 1.82) is 0 Å². The van der Waals surface area contributed by atoms with Crippen LogP contribution in [-0.2, 0) is 24.2 Å². The summed E-state index contributed by atoms with van der Waals surface area (Å²) < 4.78 is 23.2. The van der Waals surface area contributed by atoms with Crippen LogP contribution in [0.2, 0.25) is 0 Å². The number of nitrogens with zero attached hydrogens (tertiary/aromatic N) is 1. The van der Waals surface area contributed by atoms with Crippen LogP contribution in [0.5, 0.6) is 11.6 Å². The Balaban J connectivity index is 1.46. The number of ketones is 1. The summed E-state index contributed by atoms with van der Waals surface area (Å²) in [7, 11) is 0. The summed E-state index contributed by atoms with van der Waals surface area (Å²) in [6.45, 7) is 9.34. The number of allylic oxidation sites excluding steroid dienone is 2. The number of carbonyl (C=O) groups is 2. The number of aromatic nitrogens is 1. The summed E-state index contributed by atoms with van der Waals surface area (Å²) in [5.41, 5.74) is 2.97. The lowest BCUT2D eigenvalue weighted by molar-refractivity contribution is 0.0204. The Hall–Kier alpha value is -4.37. The van der Waals surface area contributed by atoms with Gasteiger partial charge in [0.05, 0.1) is 12.2 Å². The second-order valence-corrected chi connectivity index (χ2v) is 13.9. The number of aliphatic hydroxyl groups is 2. The van der Waals surface area contributed by atoms with Gasteiger partial charge in [0, 0.05) is 23.3 Å². The lowest BCUT2D eigenvalue weighted by Gasteiger charge is -2.43. The first-order valence-corrected chi connectivity index (χ1v) is 16.5. The highest BCUT2D eigenvalue weighted by Gasteiger charge is 2.49. The molecule has 0 amide bonds. The van der Waals surface area contributed by atoms with Crippen molar-refractivity contribution in [2.75, 3.05) is 6.61 Å². The van der Waals surface area contributed by atoms with Crippen LogP contribution in [0.15, 0.2) is 64.2 Å². The minimum absolute atomic E-state index is 0.0279. The number of ether oxygens (including phenoxy) is 3. The Labute approximate surface area is 275 Å². The monoisotopic (exact) mass is 641 g/mol. The van der Waals surface area contributed by atoms with E-state index in [0.717, 1.165) is 16.7 Å². The maximum atomic E-state index is 14.3. The zero-order valence-corrected chi connectivity index (χ0v) is 27.7. The summed E-state index contributed by atoms with van der Waals surface area (Å²) >= 11 is 0. The van der Waals surface area contributed by atoms with Crippen molar-refractivity contribution in [3.63, 3.8) is 0 Å². The standard InChI is InChI=1S/C38H43NO8/c1-6-23-15-16-29(45-36(43)46-37(3,4)5)30-27(23)19-38(21-40)18-25-14-13-24(32(38)33(30)42)17-28(41)31-34(26(25)7-2)47-39-35(31)44-20-22-11-9-8-10-12-22/h8-13,15-16,25-26,40,42H,6-7,14,17-21H2,1-5H3. The number of aryl methyl sites for hydroxylation is 1. The molecule has 0 aliphatic heterocycles. The molecule has 2 N–H and O–H groups in total. The average molecular weight is 642 g/mol. The van der Waals surface area contributed by atoms with Crippen molar-refractivity contribution in [2.45, 2.75) is 91.3 Å². The molecule has 9 nitrogen and oxygen atoms in total. The van der Waals surface area contributed by atoms with Gasteiger partial charge in [0.25, 0.3) is 5.88 Å². The van der Waals surface area contributed by atoms with E-state index in [9.17, 15) is 19.8 Å². The summed E-state index contributed by atoms with van der Waals surface area (Å²) in [4.78, 5) is 27.1. The lowest BCUT2D eigenvalue weighted by Crippen LogP contribution is -2.38. The number of fused-ring (bicyclic) bond motifs is 6. The van der Waals surface area contributed by atoms with E-state index in [1.165, 1.54) is 0 Å². The van der Waals surface area contributed by atoms with Gasteiger partial charge in [0.15, 0.2) is 11.5 Å². The van der Waals surface area contributed by atoms with E-state index in [1.807, 2.05) is 49.4 Å². The molecule has 3 unspecified atom stereocenters. The number of carbonyl (C=O) groups excluding carboxylic acids is 2. The van der Waals surface area contributed by atoms with Gasteiger partial charge in [-0.1, -0.05) is 56.3 Å². The van der Waals surface area contributed by atoms with Crippen LogP contribution < -0.4 is 9.47 Å². The number of Topliss-reactive ketones (excluding diaryl/α,β-unsaturated/α-hetero) is 1. The van der Waals surface area contributed by atoms with Crippen LogP contribution in [0.4, 0.5) is 4.79 Å². The molecule has 3 aromatic rings. The topological polar surface area (TPSA) is 128 Å². The third-order valence-corrected chi connectivity index (χ3v) is 9.68. The highest BCUT2D eigenvalue weighted by Crippen LogP contribution is 2.57. The Bertz CT molecular complexity index is 1740. The molecule has 47 heavy (non-hydrogen) atoms. The molecule has 0 fully saturated rings. The SMILES string of the molecule is CCc1ccc(OC(=O)OC(C)(C)C)c2c1CC1(CO)CC3CC=C(CC(=O)c4c(OCc5ccccc5)noc4C3CC)C1=C2O. The first-order chi connectivity index (χ1) is 22.5. The Morgan fingerprint density at radius 1 is 1.11 bits per heavy atom. The van der Waals surface area contributed by atoms with Crippen molar-refractivity contribution in [3.8, 4) is 11.6 Å². The smallest absolute Gasteiger partial charge is 0.507 e. The van der Waals surface area contributed by atoms with Gasteiger partial charge in [0.1, 0.15) is 29.3 Å². The molecule has 1 heterocycles. The van der Waals surface area contributed by atoms with Crippen molar-refractivity contribution in [2.24, 2.45) is 11.3 Å². The first-order valence-electron chi connectivity index (χ1n) is 16.5. The molecule has 0 spiro atoms. The highest BCUT2D eigenvalue weighted by molar-refractivity contribution is 6.01. The van der Waals surface area contributed by atoms with Crippen LogP contribution >= 0.6 is 0 Å². The summed E-state index contributed by atoms with van der Waals surface area (Å²) in [6, 6.07) is 13.2. The molecule has 2 bridgehead atoms.